The van der Waals surface area contributed by atoms with Crippen LogP contribution < -0.4 is 10.3 Å². The average molecular weight is 505 g/mol. The van der Waals surface area contributed by atoms with Crippen LogP contribution in [0.1, 0.15) is 12.5 Å². The van der Waals surface area contributed by atoms with Crippen molar-refractivity contribution >= 4 is 17.1 Å². The Morgan fingerprint density at radius 1 is 0.868 bits per heavy atom. The van der Waals surface area contributed by atoms with Gasteiger partial charge in [-0.15, -0.1) is 0 Å². The first-order chi connectivity index (χ1) is 18.5. The second-order valence-corrected chi connectivity index (χ2v) is 8.58. The smallest absolute Gasteiger partial charge is 0.280 e. The third-order valence-electron chi connectivity index (χ3n) is 6.23. The molecule has 0 aliphatic carbocycles. The number of benzene rings is 4. The molecule has 1 N–H and O–H groups in total. The van der Waals surface area contributed by atoms with Gasteiger partial charge in [0.2, 0.25) is 0 Å². The van der Waals surface area contributed by atoms with Gasteiger partial charge >= 0.3 is 0 Å². The van der Waals surface area contributed by atoms with E-state index in [1.807, 2.05) is 78.9 Å². The van der Waals surface area contributed by atoms with Crippen LogP contribution in [0, 0.1) is 10.1 Å². The summed E-state index contributed by atoms with van der Waals surface area (Å²) >= 11 is 0. The molecular formula is C30H24N4O4. The molecule has 1 heterocycles. The van der Waals surface area contributed by atoms with E-state index in [0.29, 0.717) is 28.4 Å². The summed E-state index contributed by atoms with van der Waals surface area (Å²) in [5.41, 5.74) is 5.08. The number of ether oxygens (including phenoxy) is 1. The molecule has 8 heteroatoms. The predicted molar refractivity (Wildman–Crippen MR) is 149 cm³/mol. The molecule has 0 saturated carbocycles. The van der Waals surface area contributed by atoms with E-state index in [1.54, 1.807) is 14.0 Å². The highest BCUT2D eigenvalue weighted by Gasteiger charge is 2.20. The zero-order valence-corrected chi connectivity index (χ0v) is 20.8. The van der Waals surface area contributed by atoms with Gasteiger partial charge in [0.05, 0.1) is 40.4 Å². The SMILES string of the molecule is COc1ccc(-c2[nH]n(-c3ccc([N+](=O)[O-])cc3)c(=O)c2C(C)=Nc2ccccc2-c2ccccc2)cc1. The molecule has 188 valence electrons. The van der Waals surface area contributed by atoms with Crippen molar-refractivity contribution in [2.24, 2.45) is 4.99 Å². The molecule has 0 radical (unpaired) electrons. The first-order valence-corrected chi connectivity index (χ1v) is 11.9. The number of aromatic amines is 1. The van der Waals surface area contributed by atoms with Crippen molar-refractivity contribution in [1.82, 2.24) is 9.78 Å². The minimum atomic E-state index is -0.476. The number of hydrogen-bond donors (Lipinski definition) is 1. The number of nitro benzene ring substituents is 1. The first-order valence-electron chi connectivity index (χ1n) is 11.9. The number of rotatable bonds is 7. The topological polar surface area (TPSA) is 103 Å². The first kappa shape index (κ1) is 24.5. The van der Waals surface area contributed by atoms with Crippen LogP contribution in [-0.2, 0) is 0 Å². The Morgan fingerprint density at radius 3 is 2.18 bits per heavy atom. The van der Waals surface area contributed by atoms with Gasteiger partial charge < -0.3 is 4.74 Å². The zero-order chi connectivity index (χ0) is 26.6. The maximum atomic E-state index is 13.8. The molecule has 0 atom stereocenters. The second-order valence-electron chi connectivity index (χ2n) is 8.58. The Hall–Kier alpha value is -5.24. The van der Waals surface area contributed by atoms with E-state index in [-0.39, 0.29) is 11.2 Å². The molecule has 0 amide bonds. The lowest BCUT2D eigenvalue weighted by molar-refractivity contribution is -0.384. The Balaban J connectivity index is 1.67. The maximum Gasteiger partial charge on any atom is 0.280 e. The average Bonchev–Trinajstić information content (AvgIpc) is 3.31. The van der Waals surface area contributed by atoms with Crippen LogP contribution in [0.25, 0.3) is 28.1 Å². The molecule has 0 saturated heterocycles. The van der Waals surface area contributed by atoms with Gasteiger partial charge in [0.15, 0.2) is 0 Å². The van der Waals surface area contributed by atoms with Crippen LogP contribution >= 0.6 is 0 Å². The molecule has 5 aromatic rings. The second kappa shape index (κ2) is 10.4. The van der Waals surface area contributed by atoms with E-state index in [1.165, 1.54) is 28.9 Å². The summed E-state index contributed by atoms with van der Waals surface area (Å²) < 4.78 is 6.67. The van der Waals surface area contributed by atoms with Crippen LogP contribution in [0.3, 0.4) is 0 Å². The van der Waals surface area contributed by atoms with E-state index >= 15 is 0 Å². The van der Waals surface area contributed by atoms with Crippen molar-refractivity contribution in [3.8, 4) is 33.8 Å². The molecule has 0 aliphatic heterocycles. The molecule has 0 bridgehead atoms. The van der Waals surface area contributed by atoms with Crippen molar-refractivity contribution in [2.75, 3.05) is 7.11 Å². The van der Waals surface area contributed by atoms with Crippen molar-refractivity contribution in [2.45, 2.75) is 6.92 Å². The monoisotopic (exact) mass is 504 g/mol. The van der Waals surface area contributed by atoms with Crippen LogP contribution in [0.4, 0.5) is 11.4 Å². The molecule has 5 rings (SSSR count). The van der Waals surface area contributed by atoms with Crippen LogP contribution in [0.15, 0.2) is 113 Å². The quantitative estimate of drug-likeness (QED) is 0.154. The minimum Gasteiger partial charge on any atom is -0.497 e. The summed E-state index contributed by atoms with van der Waals surface area (Å²) in [6.45, 7) is 1.81. The van der Waals surface area contributed by atoms with Gasteiger partial charge in [-0.25, -0.2) is 4.68 Å². The van der Waals surface area contributed by atoms with Gasteiger partial charge in [0, 0.05) is 23.3 Å². The number of nitrogens with one attached hydrogen (secondary N) is 1. The lowest BCUT2D eigenvalue weighted by Crippen LogP contribution is -2.19. The predicted octanol–water partition coefficient (Wildman–Crippen LogP) is 6.56. The number of nitro groups is 1. The van der Waals surface area contributed by atoms with Gasteiger partial charge in [-0.05, 0) is 55.0 Å². The Bertz CT molecular complexity index is 1680. The van der Waals surface area contributed by atoms with Crippen LogP contribution in [0.5, 0.6) is 5.75 Å². The summed E-state index contributed by atoms with van der Waals surface area (Å²) in [6.07, 6.45) is 0. The molecule has 0 aliphatic rings. The zero-order valence-electron chi connectivity index (χ0n) is 20.8. The fourth-order valence-corrected chi connectivity index (χ4v) is 4.31. The number of aliphatic imine (C=N–C) groups is 1. The van der Waals surface area contributed by atoms with E-state index < -0.39 is 4.92 Å². The normalized spacial score (nSPS) is 11.4. The van der Waals surface area contributed by atoms with Crippen molar-refractivity contribution in [3.63, 3.8) is 0 Å². The summed E-state index contributed by atoms with van der Waals surface area (Å²) in [5, 5.41) is 14.3. The number of methoxy groups -OCH3 is 1. The van der Waals surface area contributed by atoms with E-state index in [9.17, 15) is 14.9 Å². The van der Waals surface area contributed by atoms with Gasteiger partial charge in [-0.3, -0.25) is 25.0 Å². The van der Waals surface area contributed by atoms with Gasteiger partial charge in [-0.2, -0.15) is 0 Å². The highest BCUT2D eigenvalue weighted by molar-refractivity contribution is 6.05. The molecule has 0 fully saturated rings. The van der Waals surface area contributed by atoms with E-state index in [0.717, 1.165) is 22.4 Å². The number of H-pyrrole nitrogens is 1. The largest absolute Gasteiger partial charge is 0.497 e. The van der Waals surface area contributed by atoms with Gasteiger partial charge in [0.25, 0.3) is 11.2 Å². The number of hydrogen-bond acceptors (Lipinski definition) is 5. The molecule has 4 aromatic carbocycles. The summed E-state index contributed by atoms with van der Waals surface area (Å²) in [4.78, 5) is 29.3. The fourth-order valence-electron chi connectivity index (χ4n) is 4.31. The highest BCUT2D eigenvalue weighted by atomic mass is 16.6. The van der Waals surface area contributed by atoms with E-state index in [4.69, 9.17) is 9.73 Å². The standard InChI is InChI=1S/C30H24N4O4/c1-20(31-27-11-7-6-10-26(27)21-8-4-3-5-9-21)28-29(22-12-18-25(38-2)19-13-22)32-33(30(28)35)23-14-16-24(17-15-23)34(36)37/h3-19,32H,1-2H3. The fraction of sp³-hybridized carbons (Fsp3) is 0.0667. The molecule has 8 nitrogen and oxygen atoms in total. The number of non-ortho nitro benzene ring substituents is 1. The Kier molecular flexibility index (Phi) is 6.69. The maximum absolute atomic E-state index is 13.8. The molecule has 1 aromatic heterocycles. The van der Waals surface area contributed by atoms with Crippen molar-refractivity contribution in [3.05, 3.63) is 129 Å². The minimum absolute atomic E-state index is 0.0563. The van der Waals surface area contributed by atoms with Gasteiger partial charge in [0.1, 0.15) is 5.75 Å². The lowest BCUT2D eigenvalue weighted by Gasteiger charge is -2.08. The molecule has 38 heavy (non-hydrogen) atoms. The van der Waals surface area contributed by atoms with Crippen LogP contribution in [0.2, 0.25) is 0 Å². The summed E-state index contributed by atoms with van der Waals surface area (Å²) in [6, 6.07) is 30.9. The molecule has 0 spiro atoms. The third-order valence-corrected chi connectivity index (χ3v) is 6.23. The highest BCUT2D eigenvalue weighted by Crippen LogP contribution is 2.31. The van der Waals surface area contributed by atoms with Crippen molar-refractivity contribution in [1.29, 1.82) is 0 Å². The summed E-state index contributed by atoms with van der Waals surface area (Å²) in [7, 11) is 1.59. The van der Waals surface area contributed by atoms with E-state index in [2.05, 4.69) is 5.10 Å². The third kappa shape index (κ3) is 4.75. The van der Waals surface area contributed by atoms with Gasteiger partial charge in [-0.1, -0.05) is 48.5 Å². The number of para-hydroxylation sites is 1. The molecular weight excluding hydrogens is 480 g/mol. The Labute approximate surface area is 218 Å². The molecule has 0 unspecified atom stereocenters. The van der Waals surface area contributed by atoms with Crippen molar-refractivity contribution < 1.29 is 9.66 Å². The summed E-state index contributed by atoms with van der Waals surface area (Å²) in [5.74, 6) is 0.689. The lowest BCUT2D eigenvalue weighted by atomic mass is 10.0. The number of aromatic nitrogens is 2. The Morgan fingerprint density at radius 2 is 1.53 bits per heavy atom. The number of nitrogens with zero attached hydrogens (tertiary/aromatic N) is 3. The van der Waals surface area contributed by atoms with Crippen LogP contribution in [-0.4, -0.2) is 27.5 Å².